The average molecular weight is 209 g/mol. The highest BCUT2D eigenvalue weighted by Gasteiger charge is 2.05. The Morgan fingerprint density at radius 3 is 2.80 bits per heavy atom. The topological polar surface area (TPSA) is 92.1 Å². The van der Waals surface area contributed by atoms with E-state index in [9.17, 15) is 4.79 Å². The van der Waals surface area contributed by atoms with E-state index in [-0.39, 0.29) is 5.91 Å². The summed E-state index contributed by atoms with van der Waals surface area (Å²) >= 11 is 0. The zero-order valence-electron chi connectivity index (χ0n) is 8.58. The molecule has 0 fully saturated rings. The number of carbonyl (C=O) groups excluding carboxylic acids is 1. The fraction of sp³-hybridized carbons (Fsp3) is 0.333. The number of hydrazine groups is 1. The largest absolute Gasteiger partial charge is 0.387 e. The van der Waals surface area contributed by atoms with Gasteiger partial charge in [0.2, 0.25) is 0 Å². The molecule has 0 aliphatic rings. The van der Waals surface area contributed by atoms with Gasteiger partial charge in [-0.3, -0.25) is 16.1 Å². The van der Waals surface area contributed by atoms with Crippen molar-refractivity contribution in [3.8, 4) is 0 Å². The van der Waals surface area contributed by atoms with Crippen molar-refractivity contribution in [1.29, 1.82) is 0 Å². The summed E-state index contributed by atoms with van der Waals surface area (Å²) in [6, 6.07) is 3.46. The normalized spacial score (nSPS) is 9.73. The number of hydrogen-bond acceptors (Lipinski definition) is 5. The molecule has 1 rings (SSSR count). The Balaban J connectivity index is 2.50. The lowest BCUT2D eigenvalue weighted by atomic mass is 10.3. The van der Waals surface area contributed by atoms with Gasteiger partial charge < -0.3 is 10.6 Å². The predicted octanol–water partition coefficient (Wildman–Crippen LogP) is -0.684. The van der Waals surface area contributed by atoms with E-state index >= 15 is 0 Å². The van der Waals surface area contributed by atoms with Gasteiger partial charge in [-0.2, -0.15) is 0 Å². The van der Waals surface area contributed by atoms with Gasteiger partial charge >= 0.3 is 0 Å². The number of rotatable bonds is 5. The van der Waals surface area contributed by atoms with Crippen molar-refractivity contribution in [2.45, 2.75) is 0 Å². The van der Waals surface area contributed by atoms with Crippen LogP contribution in [0.1, 0.15) is 10.5 Å². The van der Waals surface area contributed by atoms with Gasteiger partial charge in [0.25, 0.3) is 5.91 Å². The molecule has 0 radical (unpaired) electrons. The maximum Gasteiger partial charge on any atom is 0.269 e. The second-order valence-corrected chi connectivity index (χ2v) is 2.89. The van der Waals surface area contributed by atoms with E-state index in [4.69, 9.17) is 5.84 Å². The van der Waals surface area contributed by atoms with Crippen molar-refractivity contribution in [2.24, 2.45) is 5.84 Å². The summed E-state index contributed by atoms with van der Waals surface area (Å²) in [5.74, 6) is 4.87. The molecule has 1 aromatic rings. The molecule has 6 heteroatoms. The first-order valence-corrected chi connectivity index (χ1v) is 4.63. The highest BCUT2D eigenvalue weighted by atomic mass is 16.1. The summed E-state index contributed by atoms with van der Waals surface area (Å²) in [6.07, 6.45) is 1.61. The highest BCUT2D eigenvalue weighted by molar-refractivity contribution is 5.92. The predicted molar refractivity (Wildman–Crippen MR) is 58.3 cm³/mol. The third-order valence-electron chi connectivity index (χ3n) is 1.84. The first-order chi connectivity index (χ1) is 7.27. The summed E-state index contributed by atoms with van der Waals surface area (Å²) in [6.45, 7) is 1.01. The smallest absolute Gasteiger partial charge is 0.269 e. The van der Waals surface area contributed by atoms with Crippen LogP contribution in [-0.4, -0.2) is 31.0 Å². The summed E-state index contributed by atoms with van der Waals surface area (Å²) in [4.78, 5) is 15.5. The van der Waals surface area contributed by atoms with Crippen molar-refractivity contribution in [2.75, 3.05) is 25.5 Å². The molecule has 0 aliphatic heterocycles. The molecule has 0 saturated heterocycles. The van der Waals surface area contributed by atoms with Crippen molar-refractivity contribution < 1.29 is 4.79 Å². The number of nitrogens with one attached hydrogen (secondary N) is 3. The van der Waals surface area contributed by atoms with Crippen molar-refractivity contribution >= 4 is 11.6 Å². The van der Waals surface area contributed by atoms with E-state index in [1.807, 2.05) is 0 Å². The Hall–Kier alpha value is -1.66. The van der Waals surface area contributed by atoms with Gasteiger partial charge in [0.15, 0.2) is 0 Å². The Morgan fingerprint density at radius 1 is 1.47 bits per heavy atom. The molecule has 0 aromatic carbocycles. The van der Waals surface area contributed by atoms with Gasteiger partial charge in [0, 0.05) is 20.1 Å². The standard InChI is InChI=1S/C9H15N5O/c1-11-7-2-3-8(13-6-7)9(15)12-4-5-14-10/h2-3,6,11,14H,4-5,10H2,1H3,(H,12,15). The van der Waals surface area contributed by atoms with Gasteiger partial charge in [-0.05, 0) is 12.1 Å². The summed E-state index contributed by atoms with van der Waals surface area (Å²) in [5, 5.41) is 5.60. The van der Waals surface area contributed by atoms with Crippen molar-refractivity contribution in [1.82, 2.24) is 15.7 Å². The molecule has 1 aromatic heterocycles. The quantitative estimate of drug-likeness (QED) is 0.293. The minimum Gasteiger partial charge on any atom is -0.387 e. The molecule has 15 heavy (non-hydrogen) atoms. The Bertz CT molecular complexity index is 311. The number of amides is 1. The van der Waals surface area contributed by atoms with Crippen molar-refractivity contribution in [3.63, 3.8) is 0 Å². The molecule has 0 bridgehead atoms. The maximum absolute atomic E-state index is 11.5. The first kappa shape index (κ1) is 11.4. The summed E-state index contributed by atoms with van der Waals surface area (Å²) in [5.41, 5.74) is 3.71. The second kappa shape index (κ2) is 5.94. The Kier molecular flexibility index (Phi) is 4.52. The van der Waals surface area contributed by atoms with Gasteiger partial charge in [-0.15, -0.1) is 0 Å². The lowest BCUT2D eigenvalue weighted by Crippen LogP contribution is -2.35. The van der Waals surface area contributed by atoms with E-state index in [0.29, 0.717) is 18.8 Å². The fourth-order valence-corrected chi connectivity index (χ4v) is 1.01. The number of nitrogens with zero attached hydrogens (tertiary/aromatic N) is 1. The van der Waals surface area contributed by atoms with Crippen LogP contribution in [-0.2, 0) is 0 Å². The maximum atomic E-state index is 11.5. The van der Waals surface area contributed by atoms with Crippen LogP contribution in [0, 0.1) is 0 Å². The molecule has 0 spiro atoms. The van der Waals surface area contributed by atoms with Crippen LogP contribution in [0.3, 0.4) is 0 Å². The van der Waals surface area contributed by atoms with Gasteiger partial charge in [-0.1, -0.05) is 0 Å². The van der Waals surface area contributed by atoms with E-state index < -0.39 is 0 Å². The average Bonchev–Trinajstić information content (AvgIpc) is 2.29. The van der Waals surface area contributed by atoms with E-state index in [1.165, 1.54) is 0 Å². The Labute approximate surface area is 88.2 Å². The first-order valence-electron chi connectivity index (χ1n) is 4.63. The Morgan fingerprint density at radius 2 is 2.27 bits per heavy atom. The zero-order chi connectivity index (χ0) is 11.1. The van der Waals surface area contributed by atoms with E-state index in [0.717, 1.165) is 5.69 Å². The van der Waals surface area contributed by atoms with Crippen molar-refractivity contribution in [3.05, 3.63) is 24.0 Å². The van der Waals surface area contributed by atoms with Crippen LogP contribution in [0.15, 0.2) is 18.3 Å². The number of pyridine rings is 1. The van der Waals surface area contributed by atoms with Crippen LogP contribution < -0.4 is 21.9 Å². The van der Waals surface area contributed by atoms with Crippen LogP contribution in [0.4, 0.5) is 5.69 Å². The zero-order valence-corrected chi connectivity index (χ0v) is 8.58. The van der Waals surface area contributed by atoms with Crippen LogP contribution in [0.25, 0.3) is 0 Å². The monoisotopic (exact) mass is 209 g/mol. The van der Waals surface area contributed by atoms with Crippen LogP contribution >= 0.6 is 0 Å². The van der Waals surface area contributed by atoms with Crippen LogP contribution in [0.5, 0.6) is 0 Å². The molecular formula is C9H15N5O. The lowest BCUT2D eigenvalue weighted by Gasteiger charge is -2.04. The molecule has 0 aliphatic carbocycles. The molecule has 0 saturated carbocycles. The van der Waals surface area contributed by atoms with Crippen LogP contribution in [0.2, 0.25) is 0 Å². The van der Waals surface area contributed by atoms with E-state index in [1.54, 1.807) is 25.4 Å². The number of hydrogen-bond donors (Lipinski definition) is 4. The SMILES string of the molecule is CNc1ccc(C(=O)NCCNN)nc1. The summed E-state index contributed by atoms with van der Waals surface area (Å²) in [7, 11) is 1.80. The molecule has 82 valence electrons. The second-order valence-electron chi connectivity index (χ2n) is 2.89. The minimum atomic E-state index is -0.201. The molecule has 0 unspecified atom stereocenters. The highest BCUT2D eigenvalue weighted by Crippen LogP contribution is 2.04. The van der Waals surface area contributed by atoms with Gasteiger partial charge in [-0.25, -0.2) is 4.98 Å². The number of aromatic nitrogens is 1. The molecule has 6 nitrogen and oxygen atoms in total. The molecule has 1 heterocycles. The number of nitrogens with two attached hydrogens (primary N) is 1. The molecule has 5 N–H and O–H groups in total. The lowest BCUT2D eigenvalue weighted by molar-refractivity contribution is 0.0949. The summed E-state index contributed by atoms with van der Waals surface area (Å²) < 4.78 is 0. The number of carbonyl (C=O) groups is 1. The minimum absolute atomic E-state index is 0.201. The fourth-order valence-electron chi connectivity index (χ4n) is 1.01. The third-order valence-corrected chi connectivity index (χ3v) is 1.84. The third kappa shape index (κ3) is 3.53. The molecule has 1 amide bonds. The van der Waals surface area contributed by atoms with Gasteiger partial charge in [0.1, 0.15) is 5.69 Å². The van der Waals surface area contributed by atoms with Gasteiger partial charge in [0.05, 0.1) is 11.9 Å². The number of anilines is 1. The van der Waals surface area contributed by atoms with E-state index in [2.05, 4.69) is 21.0 Å². The molecular weight excluding hydrogens is 194 g/mol. The molecule has 0 atom stereocenters.